The van der Waals surface area contributed by atoms with E-state index in [-0.39, 0.29) is 11.8 Å². The number of tetrazole rings is 1. The Balaban J connectivity index is 1.60. The molecule has 1 atom stereocenters. The lowest BCUT2D eigenvalue weighted by atomic mass is 9.96. The smallest absolute Gasteiger partial charge is 0.224 e. The molecule has 0 spiro atoms. The van der Waals surface area contributed by atoms with E-state index in [0.29, 0.717) is 18.4 Å². The number of carbonyl (C=O) groups is 1. The highest BCUT2D eigenvalue weighted by Crippen LogP contribution is 2.18. The van der Waals surface area contributed by atoms with Crippen LogP contribution in [0.2, 0.25) is 0 Å². The van der Waals surface area contributed by atoms with Crippen molar-refractivity contribution < 1.29 is 4.79 Å². The van der Waals surface area contributed by atoms with Gasteiger partial charge >= 0.3 is 0 Å². The summed E-state index contributed by atoms with van der Waals surface area (Å²) in [5.41, 5.74) is 0.885. The molecule has 0 bridgehead atoms. The first kappa shape index (κ1) is 16.6. The highest BCUT2D eigenvalue weighted by molar-refractivity contribution is 5.78. The molecule has 2 heterocycles. The van der Waals surface area contributed by atoms with Crippen LogP contribution in [-0.2, 0) is 11.3 Å². The zero-order chi connectivity index (χ0) is 16.9. The minimum absolute atomic E-state index is 0.0437. The molecule has 1 aromatic heterocycles. The van der Waals surface area contributed by atoms with Gasteiger partial charge in [0.2, 0.25) is 5.91 Å². The topological polar surface area (TPSA) is 75.9 Å². The van der Waals surface area contributed by atoms with E-state index in [1.165, 1.54) is 0 Å². The fourth-order valence-corrected chi connectivity index (χ4v) is 3.09. The number of aromatic nitrogens is 4. The van der Waals surface area contributed by atoms with E-state index >= 15 is 0 Å². The van der Waals surface area contributed by atoms with Crippen LogP contribution in [-0.4, -0.2) is 50.1 Å². The first-order valence-corrected chi connectivity index (χ1v) is 8.49. The Labute approximate surface area is 142 Å². The lowest BCUT2D eigenvalue weighted by Gasteiger charge is -2.34. The van der Waals surface area contributed by atoms with Gasteiger partial charge in [0.1, 0.15) is 0 Å². The number of likely N-dealkylation sites (tertiary alicyclic amines) is 1. The summed E-state index contributed by atoms with van der Waals surface area (Å²) in [6, 6.07) is 10.2. The minimum atomic E-state index is 0.0437. The fraction of sp³-hybridized carbons (Fsp3) is 0.529. The van der Waals surface area contributed by atoms with E-state index in [4.69, 9.17) is 0 Å². The molecule has 24 heavy (non-hydrogen) atoms. The van der Waals surface area contributed by atoms with E-state index in [9.17, 15) is 4.79 Å². The predicted molar refractivity (Wildman–Crippen MR) is 90.4 cm³/mol. The number of amides is 1. The number of para-hydroxylation sites is 1. The quantitative estimate of drug-likeness (QED) is 0.898. The summed E-state index contributed by atoms with van der Waals surface area (Å²) >= 11 is 0. The van der Waals surface area contributed by atoms with E-state index < -0.39 is 0 Å². The number of hydrogen-bond donors (Lipinski definition) is 1. The Morgan fingerprint density at radius 2 is 2.12 bits per heavy atom. The lowest BCUT2D eigenvalue weighted by molar-refractivity contribution is -0.127. The Kier molecular flexibility index (Phi) is 5.20. The maximum absolute atomic E-state index is 12.5. The summed E-state index contributed by atoms with van der Waals surface area (Å²) < 4.78 is 1.65. The van der Waals surface area contributed by atoms with Crippen LogP contribution in [0.4, 0.5) is 0 Å². The summed E-state index contributed by atoms with van der Waals surface area (Å²) in [6.07, 6.45) is 2.01. The van der Waals surface area contributed by atoms with Crippen molar-refractivity contribution in [1.29, 1.82) is 0 Å². The number of nitrogens with zero attached hydrogens (tertiary/aromatic N) is 5. The van der Waals surface area contributed by atoms with Crippen molar-refractivity contribution in [3.05, 3.63) is 36.2 Å². The zero-order valence-corrected chi connectivity index (χ0v) is 14.2. The van der Waals surface area contributed by atoms with Gasteiger partial charge in [-0.05, 0) is 55.8 Å². The molecule has 0 radical (unpaired) electrons. The molecule has 7 heteroatoms. The van der Waals surface area contributed by atoms with Crippen molar-refractivity contribution in [1.82, 2.24) is 30.4 Å². The number of carbonyl (C=O) groups excluding carboxylic acids is 1. The second-order valence-electron chi connectivity index (χ2n) is 6.49. The van der Waals surface area contributed by atoms with Gasteiger partial charge in [-0.25, -0.2) is 0 Å². The van der Waals surface area contributed by atoms with Gasteiger partial charge in [0.25, 0.3) is 0 Å². The first-order valence-electron chi connectivity index (χ1n) is 8.49. The van der Waals surface area contributed by atoms with Crippen LogP contribution >= 0.6 is 0 Å². The SMILES string of the molecule is CC(C)N1CCC[C@H](C(=O)NCc2nnnn2-c2ccccc2)C1. The molecule has 128 valence electrons. The van der Waals surface area contributed by atoms with Gasteiger partial charge in [0.05, 0.1) is 18.2 Å². The van der Waals surface area contributed by atoms with E-state index in [0.717, 1.165) is 31.6 Å². The van der Waals surface area contributed by atoms with Crippen LogP contribution in [0.3, 0.4) is 0 Å². The third-order valence-electron chi connectivity index (χ3n) is 4.51. The zero-order valence-electron chi connectivity index (χ0n) is 14.2. The van der Waals surface area contributed by atoms with Crippen molar-refractivity contribution in [2.75, 3.05) is 13.1 Å². The molecule has 3 rings (SSSR count). The van der Waals surface area contributed by atoms with Crippen LogP contribution in [0.5, 0.6) is 0 Å². The summed E-state index contributed by atoms with van der Waals surface area (Å²) in [7, 11) is 0. The molecule has 1 aliphatic rings. The average Bonchev–Trinajstić information content (AvgIpc) is 3.09. The van der Waals surface area contributed by atoms with Gasteiger partial charge in [0.15, 0.2) is 5.82 Å². The van der Waals surface area contributed by atoms with Crippen LogP contribution in [0.1, 0.15) is 32.5 Å². The maximum atomic E-state index is 12.5. The molecule has 1 fully saturated rings. The molecular formula is C17H24N6O. The molecule has 0 aliphatic carbocycles. The molecule has 1 aliphatic heterocycles. The van der Waals surface area contributed by atoms with Crippen LogP contribution in [0.15, 0.2) is 30.3 Å². The Bertz CT molecular complexity index is 669. The van der Waals surface area contributed by atoms with E-state index in [1.807, 2.05) is 30.3 Å². The van der Waals surface area contributed by atoms with Crippen LogP contribution in [0.25, 0.3) is 5.69 Å². The third-order valence-corrected chi connectivity index (χ3v) is 4.51. The van der Waals surface area contributed by atoms with Gasteiger partial charge in [0, 0.05) is 12.6 Å². The number of nitrogens with one attached hydrogen (secondary N) is 1. The maximum Gasteiger partial charge on any atom is 0.224 e. The monoisotopic (exact) mass is 328 g/mol. The molecule has 1 N–H and O–H groups in total. The molecule has 0 saturated carbocycles. The molecule has 1 aromatic carbocycles. The largest absolute Gasteiger partial charge is 0.348 e. The summed E-state index contributed by atoms with van der Waals surface area (Å²) in [5, 5.41) is 14.8. The van der Waals surface area contributed by atoms with E-state index in [2.05, 4.69) is 39.6 Å². The van der Waals surface area contributed by atoms with Gasteiger partial charge in [-0.2, -0.15) is 4.68 Å². The van der Waals surface area contributed by atoms with Gasteiger partial charge in [-0.15, -0.1) is 5.10 Å². The molecule has 7 nitrogen and oxygen atoms in total. The van der Waals surface area contributed by atoms with Crippen molar-refractivity contribution in [3.8, 4) is 5.69 Å². The molecule has 0 unspecified atom stereocenters. The second-order valence-corrected chi connectivity index (χ2v) is 6.49. The Morgan fingerprint density at radius 3 is 2.88 bits per heavy atom. The first-order chi connectivity index (χ1) is 11.6. The van der Waals surface area contributed by atoms with Gasteiger partial charge < -0.3 is 10.2 Å². The van der Waals surface area contributed by atoms with Crippen molar-refractivity contribution in [3.63, 3.8) is 0 Å². The van der Waals surface area contributed by atoms with E-state index in [1.54, 1.807) is 4.68 Å². The third kappa shape index (κ3) is 3.79. The normalized spacial score (nSPS) is 18.7. The summed E-state index contributed by atoms with van der Waals surface area (Å²) in [6.45, 7) is 6.59. The number of piperidine rings is 1. The number of rotatable bonds is 5. The summed E-state index contributed by atoms with van der Waals surface area (Å²) in [4.78, 5) is 14.9. The van der Waals surface area contributed by atoms with Crippen molar-refractivity contribution in [2.45, 2.75) is 39.3 Å². The molecule has 1 saturated heterocycles. The standard InChI is InChI=1S/C17H24N6O/c1-13(2)22-10-6-7-14(12-22)17(24)18-11-16-19-20-21-23(16)15-8-4-3-5-9-15/h3-5,8-9,13-14H,6-7,10-12H2,1-2H3,(H,18,24)/t14-/m0/s1. The highest BCUT2D eigenvalue weighted by atomic mass is 16.1. The van der Waals surface area contributed by atoms with Crippen LogP contribution in [0, 0.1) is 5.92 Å². The van der Waals surface area contributed by atoms with Crippen LogP contribution < -0.4 is 5.32 Å². The lowest BCUT2D eigenvalue weighted by Crippen LogP contribution is -2.45. The van der Waals surface area contributed by atoms with Crippen molar-refractivity contribution in [2.24, 2.45) is 5.92 Å². The highest BCUT2D eigenvalue weighted by Gasteiger charge is 2.27. The number of hydrogen-bond acceptors (Lipinski definition) is 5. The predicted octanol–water partition coefficient (Wildman–Crippen LogP) is 1.40. The molecule has 1 amide bonds. The number of benzene rings is 1. The van der Waals surface area contributed by atoms with Crippen molar-refractivity contribution >= 4 is 5.91 Å². The Morgan fingerprint density at radius 1 is 1.33 bits per heavy atom. The summed E-state index contributed by atoms with van der Waals surface area (Å²) in [5.74, 6) is 0.760. The minimum Gasteiger partial charge on any atom is -0.348 e. The fourth-order valence-electron chi connectivity index (χ4n) is 3.09. The average molecular weight is 328 g/mol. The second kappa shape index (κ2) is 7.53. The van der Waals surface area contributed by atoms with Gasteiger partial charge in [-0.1, -0.05) is 18.2 Å². The Hall–Kier alpha value is -2.28. The molecular weight excluding hydrogens is 304 g/mol. The van der Waals surface area contributed by atoms with Gasteiger partial charge in [-0.3, -0.25) is 4.79 Å². The molecule has 2 aromatic rings.